The van der Waals surface area contributed by atoms with Gasteiger partial charge in [-0.25, -0.2) is 0 Å². The second-order valence-electron chi connectivity index (χ2n) is 1.21. The van der Waals surface area contributed by atoms with Crippen molar-refractivity contribution < 1.29 is 4.79 Å². The lowest BCUT2D eigenvalue weighted by molar-refractivity contribution is -0.108. The highest BCUT2D eigenvalue weighted by atomic mass is 16.1. The second kappa shape index (κ2) is 3.38. The van der Waals surface area contributed by atoms with E-state index in [0.29, 0.717) is 12.7 Å². The molecule has 7 heavy (non-hydrogen) atoms. The Kier molecular flexibility index (Phi) is 2.99. The van der Waals surface area contributed by atoms with Gasteiger partial charge in [-0.15, -0.1) is 12.3 Å². The molecule has 2 nitrogen and oxygen atoms in total. The van der Waals surface area contributed by atoms with E-state index >= 15 is 0 Å². The highest BCUT2D eigenvalue weighted by Gasteiger charge is 1.91. The summed E-state index contributed by atoms with van der Waals surface area (Å²) in [5, 5.41) is 0. The average Bonchev–Trinajstić information content (AvgIpc) is 1.68. The predicted octanol–water partition coefficient (Wildman–Crippen LogP) is -0.464. The first-order valence-corrected chi connectivity index (χ1v) is 1.95. The molecule has 0 aromatic carbocycles. The van der Waals surface area contributed by atoms with Crippen molar-refractivity contribution in [3.8, 4) is 12.3 Å². The summed E-state index contributed by atoms with van der Waals surface area (Å²) in [5.41, 5.74) is 5.07. The lowest BCUT2D eigenvalue weighted by Gasteiger charge is -1.90. The lowest BCUT2D eigenvalue weighted by Crippen LogP contribution is -2.19. The Morgan fingerprint density at radius 2 is 2.57 bits per heavy atom. The van der Waals surface area contributed by atoms with Crippen LogP contribution in [0.2, 0.25) is 0 Å². The molecule has 0 aliphatic rings. The summed E-state index contributed by atoms with van der Waals surface area (Å²) in [6.45, 7) is 0. The van der Waals surface area contributed by atoms with Crippen LogP contribution in [0.5, 0.6) is 0 Å². The van der Waals surface area contributed by atoms with Crippen LogP contribution < -0.4 is 5.73 Å². The van der Waals surface area contributed by atoms with Gasteiger partial charge >= 0.3 is 0 Å². The van der Waals surface area contributed by atoms with E-state index in [-0.39, 0.29) is 0 Å². The molecule has 0 aromatic rings. The zero-order chi connectivity index (χ0) is 5.70. The van der Waals surface area contributed by atoms with Gasteiger partial charge in [0, 0.05) is 6.42 Å². The van der Waals surface area contributed by atoms with Gasteiger partial charge in [0.05, 0.1) is 6.04 Å². The van der Waals surface area contributed by atoms with E-state index in [9.17, 15) is 4.79 Å². The fraction of sp³-hybridized carbons (Fsp3) is 0.400. The number of nitrogens with two attached hydrogens (primary N) is 1. The smallest absolute Gasteiger partial charge is 0.137 e. The fourth-order valence-corrected chi connectivity index (χ4v) is 0.184. The quantitative estimate of drug-likeness (QED) is 0.374. The molecule has 0 bridgehead atoms. The normalized spacial score (nSPS) is 12.0. The molecule has 1 atom stereocenters. The van der Waals surface area contributed by atoms with Crippen LogP contribution in [0, 0.1) is 12.3 Å². The monoisotopic (exact) mass is 97.1 g/mol. The molecule has 0 amide bonds. The summed E-state index contributed by atoms with van der Waals surface area (Å²) >= 11 is 0. The van der Waals surface area contributed by atoms with Gasteiger partial charge in [-0.3, -0.25) is 0 Å². The van der Waals surface area contributed by atoms with Gasteiger partial charge in [0.15, 0.2) is 0 Å². The van der Waals surface area contributed by atoms with Crippen LogP contribution in [0.15, 0.2) is 0 Å². The molecule has 38 valence electrons. The van der Waals surface area contributed by atoms with Crippen molar-refractivity contribution in [2.24, 2.45) is 5.73 Å². The molecule has 0 aromatic heterocycles. The third-order valence-corrected chi connectivity index (χ3v) is 0.528. The summed E-state index contributed by atoms with van der Waals surface area (Å²) in [7, 11) is 0. The molecule has 0 fully saturated rings. The predicted molar refractivity (Wildman–Crippen MR) is 27.5 cm³/mol. The fourth-order valence-electron chi connectivity index (χ4n) is 0.184. The molecular formula is C5H7NO. The van der Waals surface area contributed by atoms with Crippen LogP contribution in [0.25, 0.3) is 0 Å². The van der Waals surface area contributed by atoms with Crippen LogP contribution in [0.1, 0.15) is 6.42 Å². The third-order valence-electron chi connectivity index (χ3n) is 0.528. The Labute approximate surface area is 42.7 Å². The molecule has 0 spiro atoms. The molecule has 0 heterocycles. The van der Waals surface area contributed by atoms with Gasteiger partial charge in [0.2, 0.25) is 0 Å². The molecule has 1 unspecified atom stereocenters. The Balaban J connectivity index is 3.21. The van der Waals surface area contributed by atoms with Gasteiger partial charge in [0.1, 0.15) is 6.29 Å². The second-order valence-corrected chi connectivity index (χ2v) is 1.21. The first-order chi connectivity index (χ1) is 3.31. The van der Waals surface area contributed by atoms with Crippen molar-refractivity contribution in [2.75, 3.05) is 0 Å². The third kappa shape index (κ3) is 3.01. The zero-order valence-electron chi connectivity index (χ0n) is 3.92. The minimum atomic E-state index is -0.468. The lowest BCUT2D eigenvalue weighted by atomic mass is 10.3. The van der Waals surface area contributed by atoms with Crippen molar-refractivity contribution >= 4 is 6.29 Å². The van der Waals surface area contributed by atoms with E-state index in [2.05, 4.69) is 5.92 Å². The summed E-state index contributed by atoms with van der Waals surface area (Å²) in [4.78, 5) is 9.67. The van der Waals surface area contributed by atoms with Gasteiger partial charge in [-0.1, -0.05) is 0 Å². The molecule has 2 N–H and O–H groups in total. The van der Waals surface area contributed by atoms with E-state index in [1.165, 1.54) is 0 Å². The van der Waals surface area contributed by atoms with Crippen LogP contribution in [0.3, 0.4) is 0 Å². The van der Waals surface area contributed by atoms with Gasteiger partial charge in [-0.05, 0) is 0 Å². The van der Waals surface area contributed by atoms with E-state index in [1.807, 2.05) is 0 Å². The molecule has 0 aliphatic heterocycles. The summed E-state index contributed by atoms with van der Waals surface area (Å²) in [6, 6.07) is -0.468. The maximum absolute atomic E-state index is 9.67. The number of hydrogen-bond donors (Lipinski definition) is 1. The minimum absolute atomic E-state index is 0.337. The van der Waals surface area contributed by atoms with Crippen LogP contribution >= 0.6 is 0 Å². The molecular weight excluding hydrogens is 90.1 g/mol. The Bertz CT molecular complexity index is 92.7. The largest absolute Gasteiger partial charge is 0.321 e. The number of rotatable bonds is 2. The zero-order valence-corrected chi connectivity index (χ0v) is 3.92. The number of carbonyl (C=O) groups excluding carboxylic acids is 1. The van der Waals surface area contributed by atoms with Crippen LogP contribution in [0.4, 0.5) is 0 Å². The molecule has 0 rings (SSSR count). The van der Waals surface area contributed by atoms with E-state index in [4.69, 9.17) is 12.2 Å². The number of hydrogen-bond acceptors (Lipinski definition) is 2. The van der Waals surface area contributed by atoms with E-state index in [0.717, 1.165) is 0 Å². The molecule has 0 saturated carbocycles. The van der Waals surface area contributed by atoms with Crippen molar-refractivity contribution in [3.63, 3.8) is 0 Å². The Morgan fingerprint density at radius 1 is 2.00 bits per heavy atom. The highest BCUT2D eigenvalue weighted by molar-refractivity contribution is 5.57. The van der Waals surface area contributed by atoms with Crippen molar-refractivity contribution in [3.05, 3.63) is 0 Å². The first-order valence-electron chi connectivity index (χ1n) is 1.95. The van der Waals surface area contributed by atoms with E-state index in [1.54, 1.807) is 0 Å². The average molecular weight is 97.1 g/mol. The van der Waals surface area contributed by atoms with Crippen molar-refractivity contribution in [2.45, 2.75) is 12.5 Å². The SMILES string of the molecule is C#CCC(N)C=O. The summed E-state index contributed by atoms with van der Waals surface area (Å²) in [5.74, 6) is 2.26. The van der Waals surface area contributed by atoms with Crippen molar-refractivity contribution in [1.29, 1.82) is 0 Å². The van der Waals surface area contributed by atoms with Gasteiger partial charge in [-0.2, -0.15) is 0 Å². The first kappa shape index (κ1) is 6.19. The summed E-state index contributed by atoms with van der Waals surface area (Å²) in [6.07, 6.45) is 5.79. The van der Waals surface area contributed by atoms with Gasteiger partial charge < -0.3 is 10.5 Å². The summed E-state index contributed by atoms with van der Waals surface area (Å²) < 4.78 is 0. The molecule has 0 saturated heterocycles. The minimum Gasteiger partial charge on any atom is -0.321 e. The highest BCUT2D eigenvalue weighted by Crippen LogP contribution is 1.76. The molecule has 2 heteroatoms. The molecule has 0 radical (unpaired) electrons. The maximum atomic E-state index is 9.67. The Hall–Kier alpha value is -0.810. The maximum Gasteiger partial charge on any atom is 0.137 e. The number of terminal acetylenes is 1. The standard InChI is InChI=1S/C5H7NO/c1-2-3-5(6)4-7/h1,4-5H,3,6H2. The Morgan fingerprint density at radius 3 is 2.71 bits per heavy atom. The van der Waals surface area contributed by atoms with Crippen LogP contribution in [-0.2, 0) is 4.79 Å². The van der Waals surface area contributed by atoms with Gasteiger partial charge in [0.25, 0.3) is 0 Å². The molecule has 0 aliphatic carbocycles. The van der Waals surface area contributed by atoms with E-state index < -0.39 is 6.04 Å². The van der Waals surface area contributed by atoms with Crippen LogP contribution in [-0.4, -0.2) is 12.3 Å². The number of aldehydes is 1. The number of carbonyl (C=O) groups is 1. The topological polar surface area (TPSA) is 43.1 Å². The van der Waals surface area contributed by atoms with Crippen molar-refractivity contribution in [1.82, 2.24) is 0 Å².